The minimum Gasteiger partial charge on any atom is -0.338 e. The second-order valence-electron chi connectivity index (χ2n) is 6.21. The maximum absolute atomic E-state index is 12.0. The normalized spacial score (nSPS) is 10.5. The van der Waals surface area contributed by atoms with Crippen LogP contribution in [0.25, 0.3) is 5.69 Å². The van der Waals surface area contributed by atoms with Crippen LogP contribution in [0, 0.1) is 0 Å². The lowest BCUT2D eigenvalue weighted by Crippen LogP contribution is -2.30. The number of aromatic nitrogens is 2. The van der Waals surface area contributed by atoms with Crippen LogP contribution in [0.15, 0.2) is 67.0 Å². The van der Waals surface area contributed by atoms with Crippen molar-refractivity contribution in [3.8, 4) is 5.69 Å². The molecule has 2 amide bonds. The number of anilines is 1. The molecule has 0 atom stereocenters. The van der Waals surface area contributed by atoms with E-state index in [0.29, 0.717) is 6.54 Å². The summed E-state index contributed by atoms with van der Waals surface area (Å²) in [5.41, 5.74) is 4.20. The Balaban J connectivity index is 1.44. The molecule has 0 saturated heterocycles. The zero-order valence-electron chi connectivity index (χ0n) is 15.0. The van der Waals surface area contributed by atoms with Gasteiger partial charge >= 0.3 is 6.03 Å². The standard InChI is InChI=1S/C21H24N4O/c1-2-6-17-9-11-19(12-10-17)24-21(26)22-14-13-18-15-23-25(16-18)20-7-4-3-5-8-20/h3-5,7-12,15-16H,2,6,13-14H2,1H3,(H2,22,24,26). The topological polar surface area (TPSA) is 59.0 Å². The first-order chi connectivity index (χ1) is 12.7. The number of amides is 2. The maximum atomic E-state index is 12.0. The third-order valence-electron chi connectivity index (χ3n) is 4.11. The molecular weight excluding hydrogens is 324 g/mol. The van der Waals surface area contributed by atoms with Gasteiger partial charge in [0.2, 0.25) is 0 Å². The van der Waals surface area contributed by atoms with Crippen molar-refractivity contribution in [1.29, 1.82) is 0 Å². The largest absolute Gasteiger partial charge is 0.338 e. The van der Waals surface area contributed by atoms with Crippen molar-refractivity contribution in [2.75, 3.05) is 11.9 Å². The number of para-hydroxylation sites is 1. The highest BCUT2D eigenvalue weighted by molar-refractivity contribution is 5.89. The Labute approximate surface area is 154 Å². The van der Waals surface area contributed by atoms with Crippen LogP contribution >= 0.6 is 0 Å². The summed E-state index contributed by atoms with van der Waals surface area (Å²) in [6.07, 6.45) is 6.73. The predicted molar refractivity (Wildman–Crippen MR) is 105 cm³/mol. The predicted octanol–water partition coefficient (Wildman–Crippen LogP) is 4.19. The number of hydrogen-bond acceptors (Lipinski definition) is 2. The zero-order valence-corrected chi connectivity index (χ0v) is 15.0. The molecule has 1 aromatic heterocycles. The van der Waals surface area contributed by atoms with Crippen LogP contribution in [0.4, 0.5) is 10.5 Å². The van der Waals surface area contributed by atoms with Crippen molar-refractivity contribution in [2.45, 2.75) is 26.2 Å². The first kappa shape index (κ1) is 17.7. The van der Waals surface area contributed by atoms with E-state index >= 15 is 0 Å². The zero-order chi connectivity index (χ0) is 18.2. The number of carbonyl (C=O) groups is 1. The van der Waals surface area contributed by atoms with Gasteiger partial charge in [0.1, 0.15) is 0 Å². The number of nitrogens with one attached hydrogen (secondary N) is 2. The Hall–Kier alpha value is -3.08. The molecule has 0 aliphatic rings. The van der Waals surface area contributed by atoms with Gasteiger partial charge in [0.05, 0.1) is 11.9 Å². The van der Waals surface area contributed by atoms with E-state index in [4.69, 9.17) is 0 Å². The molecule has 0 aliphatic carbocycles. The van der Waals surface area contributed by atoms with Crippen LogP contribution in [0.5, 0.6) is 0 Å². The van der Waals surface area contributed by atoms with Crippen molar-refractivity contribution >= 4 is 11.7 Å². The second kappa shape index (κ2) is 8.85. The fourth-order valence-electron chi connectivity index (χ4n) is 2.75. The molecule has 0 radical (unpaired) electrons. The Morgan fingerprint density at radius 1 is 1.00 bits per heavy atom. The number of aryl methyl sites for hydroxylation is 1. The van der Waals surface area contributed by atoms with Crippen LogP contribution in [0.2, 0.25) is 0 Å². The quantitative estimate of drug-likeness (QED) is 0.673. The smallest absolute Gasteiger partial charge is 0.319 e. The fourth-order valence-corrected chi connectivity index (χ4v) is 2.75. The lowest BCUT2D eigenvalue weighted by molar-refractivity contribution is 0.252. The first-order valence-corrected chi connectivity index (χ1v) is 8.97. The van der Waals surface area contributed by atoms with Crippen LogP contribution in [-0.2, 0) is 12.8 Å². The molecule has 0 saturated carbocycles. The van der Waals surface area contributed by atoms with Crippen LogP contribution in [-0.4, -0.2) is 22.4 Å². The molecule has 5 heteroatoms. The van der Waals surface area contributed by atoms with Gasteiger partial charge in [-0.1, -0.05) is 43.7 Å². The molecule has 1 heterocycles. The van der Waals surface area contributed by atoms with E-state index in [9.17, 15) is 4.79 Å². The van der Waals surface area contributed by atoms with Crippen LogP contribution in [0.1, 0.15) is 24.5 Å². The van der Waals surface area contributed by atoms with Gasteiger partial charge in [-0.25, -0.2) is 9.48 Å². The van der Waals surface area contributed by atoms with E-state index in [-0.39, 0.29) is 6.03 Å². The van der Waals surface area contributed by atoms with Gasteiger partial charge in [-0.05, 0) is 48.2 Å². The van der Waals surface area contributed by atoms with Crippen molar-refractivity contribution in [2.24, 2.45) is 0 Å². The number of hydrogen-bond donors (Lipinski definition) is 2. The molecule has 0 spiro atoms. The molecule has 2 N–H and O–H groups in total. The summed E-state index contributed by atoms with van der Waals surface area (Å²) in [4.78, 5) is 12.0. The SMILES string of the molecule is CCCc1ccc(NC(=O)NCCc2cnn(-c3ccccc3)c2)cc1. The number of carbonyl (C=O) groups excluding carboxylic acids is 1. The highest BCUT2D eigenvalue weighted by atomic mass is 16.2. The van der Waals surface area contributed by atoms with Gasteiger partial charge in [0, 0.05) is 18.4 Å². The highest BCUT2D eigenvalue weighted by Gasteiger charge is 2.04. The van der Waals surface area contributed by atoms with Gasteiger partial charge < -0.3 is 10.6 Å². The van der Waals surface area contributed by atoms with E-state index in [1.54, 1.807) is 0 Å². The van der Waals surface area contributed by atoms with E-state index in [0.717, 1.165) is 36.2 Å². The van der Waals surface area contributed by atoms with Gasteiger partial charge in [-0.2, -0.15) is 5.10 Å². The van der Waals surface area contributed by atoms with E-state index < -0.39 is 0 Å². The average Bonchev–Trinajstić information content (AvgIpc) is 3.13. The maximum Gasteiger partial charge on any atom is 0.319 e. The van der Waals surface area contributed by atoms with Crippen molar-refractivity contribution in [3.05, 3.63) is 78.1 Å². The number of benzene rings is 2. The molecule has 134 valence electrons. The summed E-state index contributed by atoms with van der Waals surface area (Å²) in [6, 6.07) is 17.8. The Kier molecular flexibility index (Phi) is 6.04. The Morgan fingerprint density at radius 2 is 1.77 bits per heavy atom. The molecule has 0 fully saturated rings. The molecule has 26 heavy (non-hydrogen) atoms. The molecular formula is C21H24N4O. The van der Waals surface area contributed by atoms with Crippen molar-refractivity contribution in [3.63, 3.8) is 0 Å². The van der Waals surface area contributed by atoms with E-state index in [1.807, 2.05) is 59.5 Å². The number of nitrogens with zero attached hydrogens (tertiary/aromatic N) is 2. The van der Waals surface area contributed by atoms with Gasteiger partial charge in [-0.15, -0.1) is 0 Å². The fraction of sp³-hybridized carbons (Fsp3) is 0.238. The number of rotatable bonds is 7. The summed E-state index contributed by atoms with van der Waals surface area (Å²) in [6.45, 7) is 2.71. The molecule has 3 rings (SSSR count). The van der Waals surface area contributed by atoms with Crippen molar-refractivity contribution < 1.29 is 4.79 Å². The van der Waals surface area contributed by atoms with Gasteiger partial charge in [0.25, 0.3) is 0 Å². The van der Waals surface area contributed by atoms with Crippen molar-refractivity contribution in [1.82, 2.24) is 15.1 Å². The Bertz CT molecular complexity index is 825. The summed E-state index contributed by atoms with van der Waals surface area (Å²) in [5.74, 6) is 0. The summed E-state index contributed by atoms with van der Waals surface area (Å²) < 4.78 is 1.84. The summed E-state index contributed by atoms with van der Waals surface area (Å²) in [5, 5.41) is 10.1. The van der Waals surface area contributed by atoms with E-state index in [2.05, 4.69) is 34.8 Å². The molecule has 2 aromatic carbocycles. The van der Waals surface area contributed by atoms with Gasteiger partial charge in [0.15, 0.2) is 0 Å². The summed E-state index contributed by atoms with van der Waals surface area (Å²) in [7, 11) is 0. The first-order valence-electron chi connectivity index (χ1n) is 8.97. The monoisotopic (exact) mass is 348 g/mol. The number of urea groups is 1. The summed E-state index contributed by atoms with van der Waals surface area (Å²) >= 11 is 0. The molecule has 0 aliphatic heterocycles. The molecule has 5 nitrogen and oxygen atoms in total. The van der Waals surface area contributed by atoms with Crippen LogP contribution in [0.3, 0.4) is 0 Å². The lowest BCUT2D eigenvalue weighted by Gasteiger charge is -2.08. The van der Waals surface area contributed by atoms with E-state index in [1.165, 1.54) is 5.56 Å². The lowest BCUT2D eigenvalue weighted by atomic mass is 10.1. The molecule has 3 aromatic rings. The molecule has 0 unspecified atom stereocenters. The minimum atomic E-state index is -0.191. The third kappa shape index (κ3) is 4.96. The van der Waals surface area contributed by atoms with Gasteiger partial charge in [-0.3, -0.25) is 0 Å². The average molecular weight is 348 g/mol. The highest BCUT2D eigenvalue weighted by Crippen LogP contribution is 2.11. The molecule has 0 bridgehead atoms. The van der Waals surface area contributed by atoms with Crippen LogP contribution < -0.4 is 10.6 Å². The second-order valence-corrected chi connectivity index (χ2v) is 6.21. The minimum absolute atomic E-state index is 0.191. The Morgan fingerprint density at radius 3 is 2.50 bits per heavy atom. The third-order valence-corrected chi connectivity index (χ3v) is 4.11.